The normalized spacial score (nSPS) is 15.5. The Bertz CT molecular complexity index is 428. The highest BCUT2D eigenvalue weighted by Crippen LogP contribution is 2.33. The second-order valence-electron chi connectivity index (χ2n) is 4.39. The summed E-state index contributed by atoms with van der Waals surface area (Å²) in [5.41, 5.74) is 0.853. The van der Waals surface area contributed by atoms with Gasteiger partial charge in [0.25, 0.3) is 5.69 Å². The van der Waals surface area contributed by atoms with Gasteiger partial charge in [0.2, 0.25) is 0 Å². The maximum Gasteiger partial charge on any atom is 0.292 e. The summed E-state index contributed by atoms with van der Waals surface area (Å²) in [6.07, 6.45) is 3.39. The zero-order valence-corrected chi connectivity index (χ0v) is 10.6. The number of nitro benzene ring substituents is 1. The number of piperidine rings is 1. The van der Waals surface area contributed by atoms with Gasteiger partial charge in [0.15, 0.2) is 0 Å². The molecular formula is C13H18N2O3. The average molecular weight is 250 g/mol. The van der Waals surface area contributed by atoms with Gasteiger partial charge in [-0.1, -0.05) is 0 Å². The molecule has 0 atom stereocenters. The lowest BCUT2D eigenvalue weighted by molar-refractivity contribution is -0.384. The molecule has 1 aromatic carbocycles. The Morgan fingerprint density at radius 1 is 1.33 bits per heavy atom. The Morgan fingerprint density at radius 3 is 2.67 bits per heavy atom. The molecular weight excluding hydrogens is 232 g/mol. The lowest BCUT2D eigenvalue weighted by Crippen LogP contribution is -2.29. The minimum atomic E-state index is -0.320. The van der Waals surface area contributed by atoms with E-state index in [1.807, 2.05) is 6.92 Å². The molecule has 18 heavy (non-hydrogen) atoms. The molecule has 0 unspecified atom stereocenters. The smallest absolute Gasteiger partial charge is 0.292 e. The Hall–Kier alpha value is -1.78. The first-order valence-corrected chi connectivity index (χ1v) is 6.38. The highest BCUT2D eigenvalue weighted by Gasteiger charge is 2.21. The molecule has 1 heterocycles. The van der Waals surface area contributed by atoms with E-state index in [-0.39, 0.29) is 10.6 Å². The van der Waals surface area contributed by atoms with Crippen LogP contribution >= 0.6 is 0 Å². The maximum atomic E-state index is 11.1. The van der Waals surface area contributed by atoms with Crippen molar-refractivity contribution in [1.82, 2.24) is 0 Å². The number of anilines is 1. The minimum absolute atomic E-state index is 0.167. The van der Waals surface area contributed by atoms with E-state index in [0.29, 0.717) is 18.0 Å². The van der Waals surface area contributed by atoms with Gasteiger partial charge >= 0.3 is 0 Å². The van der Waals surface area contributed by atoms with E-state index >= 15 is 0 Å². The van der Waals surface area contributed by atoms with Crippen LogP contribution in [-0.2, 0) is 0 Å². The summed E-state index contributed by atoms with van der Waals surface area (Å²) in [6.45, 7) is 4.24. The van der Waals surface area contributed by atoms with Crippen molar-refractivity contribution in [3.63, 3.8) is 0 Å². The molecule has 1 fully saturated rings. The predicted octanol–water partition coefficient (Wildman–Crippen LogP) is 2.98. The SMILES string of the molecule is CCOc1ccc([N+](=O)[O-])c(N2CCCCC2)c1. The van der Waals surface area contributed by atoms with Crippen LogP contribution in [-0.4, -0.2) is 24.6 Å². The third-order valence-corrected chi connectivity index (χ3v) is 3.15. The summed E-state index contributed by atoms with van der Waals surface area (Å²) >= 11 is 0. The molecule has 0 N–H and O–H groups in total. The van der Waals surface area contributed by atoms with Gasteiger partial charge in [-0.25, -0.2) is 0 Å². The van der Waals surface area contributed by atoms with Crippen LogP contribution in [0.25, 0.3) is 0 Å². The molecule has 2 rings (SSSR count). The Balaban J connectivity index is 2.33. The van der Waals surface area contributed by atoms with Crippen molar-refractivity contribution in [2.24, 2.45) is 0 Å². The standard InChI is InChI=1S/C13H18N2O3/c1-2-18-11-6-7-12(15(16)17)13(10-11)14-8-4-3-5-9-14/h6-7,10H,2-5,8-9H2,1H3. The summed E-state index contributed by atoms with van der Waals surface area (Å²) in [4.78, 5) is 12.8. The zero-order chi connectivity index (χ0) is 13.0. The second kappa shape index (κ2) is 5.71. The fourth-order valence-corrected chi connectivity index (χ4v) is 2.30. The van der Waals surface area contributed by atoms with Crippen molar-refractivity contribution in [2.45, 2.75) is 26.2 Å². The minimum Gasteiger partial charge on any atom is -0.494 e. The maximum absolute atomic E-state index is 11.1. The number of hydrogen-bond acceptors (Lipinski definition) is 4. The average Bonchev–Trinajstić information content (AvgIpc) is 2.40. The number of nitrogens with zero attached hydrogens (tertiary/aromatic N) is 2. The fourth-order valence-electron chi connectivity index (χ4n) is 2.30. The third-order valence-electron chi connectivity index (χ3n) is 3.15. The van der Waals surface area contributed by atoms with E-state index in [0.717, 1.165) is 25.9 Å². The molecule has 0 aliphatic carbocycles. The molecule has 0 radical (unpaired) electrons. The van der Waals surface area contributed by atoms with Crippen LogP contribution in [0.3, 0.4) is 0 Å². The highest BCUT2D eigenvalue weighted by molar-refractivity contribution is 5.66. The molecule has 0 amide bonds. The van der Waals surface area contributed by atoms with E-state index in [9.17, 15) is 10.1 Å². The zero-order valence-electron chi connectivity index (χ0n) is 10.6. The lowest BCUT2D eigenvalue weighted by Gasteiger charge is -2.28. The molecule has 1 aliphatic heterocycles. The number of rotatable bonds is 4. The third kappa shape index (κ3) is 2.72. The largest absolute Gasteiger partial charge is 0.494 e. The first kappa shape index (κ1) is 12.7. The number of nitro groups is 1. The highest BCUT2D eigenvalue weighted by atomic mass is 16.6. The first-order valence-electron chi connectivity index (χ1n) is 6.38. The number of hydrogen-bond donors (Lipinski definition) is 0. The van der Waals surface area contributed by atoms with Gasteiger partial charge in [0.1, 0.15) is 11.4 Å². The molecule has 5 nitrogen and oxygen atoms in total. The topological polar surface area (TPSA) is 55.6 Å². The van der Waals surface area contributed by atoms with Crippen molar-refractivity contribution in [1.29, 1.82) is 0 Å². The molecule has 0 bridgehead atoms. The van der Waals surface area contributed by atoms with Crippen LogP contribution in [0.2, 0.25) is 0 Å². The van der Waals surface area contributed by atoms with Crippen molar-refractivity contribution in [3.05, 3.63) is 28.3 Å². The molecule has 1 saturated heterocycles. The van der Waals surface area contributed by atoms with Crippen molar-refractivity contribution < 1.29 is 9.66 Å². The van der Waals surface area contributed by atoms with Gasteiger partial charge in [-0.2, -0.15) is 0 Å². The predicted molar refractivity (Wildman–Crippen MR) is 70.3 cm³/mol. The monoisotopic (exact) mass is 250 g/mol. The Labute approximate surface area is 107 Å². The van der Waals surface area contributed by atoms with Gasteiger partial charge in [-0.15, -0.1) is 0 Å². The van der Waals surface area contributed by atoms with Gasteiger partial charge in [-0.3, -0.25) is 10.1 Å². The quantitative estimate of drug-likeness (QED) is 0.609. The van der Waals surface area contributed by atoms with E-state index < -0.39 is 0 Å². The van der Waals surface area contributed by atoms with Crippen LogP contribution in [0.15, 0.2) is 18.2 Å². The summed E-state index contributed by atoms with van der Waals surface area (Å²) in [7, 11) is 0. The van der Waals surface area contributed by atoms with E-state index in [1.165, 1.54) is 12.5 Å². The van der Waals surface area contributed by atoms with Crippen LogP contribution in [0.5, 0.6) is 5.75 Å². The summed E-state index contributed by atoms with van der Waals surface area (Å²) < 4.78 is 5.42. The first-order chi connectivity index (χ1) is 8.72. The molecule has 1 aliphatic rings. The van der Waals surface area contributed by atoms with E-state index in [4.69, 9.17) is 4.74 Å². The molecule has 0 saturated carbocycles. The van der Waals surface area contributed by atoms with E-state index in [1.54, 1.807) is 12.1 Å². The molecule has 5 heteroatoms. The van der Waals surface area contributed by atoms with Crippen molar-refractivity contribution in [3.8, 4) is 5.75 Å². The molecule has 0 spiro atoms. The Morgan fingerprint density at radius 2 is 2.06 bits per heavy atom. The van der Waals surface area contributed by atoms with Crippen LogP contribution < -0.4 is 9.64 Å². The summed E-state index contributed by atoms with van der Waals surface area (Å²) in [5.74, 6) is 0.698. The van der Waals surface area contributed by atoms with Gasteiger partial charge < -0.3 is 9.64 Å². The number of benzene rings is 1. The van der Waals surface area contributed by atoms with Gasteiger partial charge in [0.05, 0.1) is 11.5 Å². The summed E-state index contributed by atoms with van der Waals surface area (Å²) in [6, 6.07) is 4.98. The summed E-state index contributed by atoms with van der Waals surface area (Å²) in [5, 5.41) is 11.1. The van der Waals surface area contributed by atoms with Crippen LogP contribution in [0, 0.1) is 10.1 Å². The van der Waals surface area contributed by atoms with Crippen LogP contribution in [0.4, 0.5) is 11.4 Å². The Kier molecular flexibility index (Phi) is 4.02. The molecule has 0 aromatic heterocycles. The molecule has 1 aromatic rings. The second-order valence-corrected chi connectivity index (χ2v) is 4.39. The molecule has 98 valence electrons. The lowest BCUT2D eigenvalue weighted by atomic mass is 10.1. The van der Waals surface area contributed by atoms with Crippen molar-refractivity contribution >= 4 is 11.4 Å². The van der Waals surface area contributed by atoms with Crippen molar-refractivity contribution in [2.75, 3.05) is 24.6 Å². The van der Waals surface area contributed by atoms with Gasteiger partial charge in [-0.05, 0) is 32.3 Å². The van der Waals surface area contributed by atoms with Crippen LogP contribution in [0.1, 0.15) is 26.2 Å². The fraction of sp³-hybridized carbons (Fsp3) is 0.538. The van der Waals surface area contributed by atoms with E-state index in [2.05, 4.69) is 4.90 Å². The number of ether oxygens (including phenoxy) is 1. The van der Waals surface area contributed by atoms with Gasteiger partial charge in [0, 0.05) is 25.2 Å².